The smallest absolute Gasteiger partial charge is 0.316 e. The number of carbonyl (C=O) groups excluding carboxylic acids is 1. The van der Waals surface area contributed by atoms with E-state index < -0.39 is 11.1 Å². The van der Waals surface area contributed by atoms with Gasteiger partial charge in [-0.1, -0.05) is 0 Å². The minimum Gasteiger partial charge on any atom is -0.346 e. The highest BCUT2D eigenvalue weighted by atomic mass is 32.1. The molecule has 0 aliphatic carbocycles. The van der Waals surface area contributed by atoms with Crippen molar-refractivity contribution >= 4 is 33.4 Å². The molecule has 3 heterocycles. The number of hydrogen-bond acceptors (Lipinski definition) is 6. The van der Waals surface area contributed by atoms with Crippen molar-refractivity contribution in [3.8, 4) is 0 Å². The van der Waals surface area contributed by atoms with Crippen molar-refractivity contribution in [1.82, 2.24) is 19.4 Å². The number of hydrogen-bond donors (Lipinski definition) is 1. The number of fused-ring (bicyclic) bond motifs is 1. The molecule has 0 spiro atoms. The zero-order valence-corrected chi connectivity index (χ0v) is 16.4. The highest BCUT2D eigenvalue weighted by Crippen LogP contribution is 2.20. The van der Waals surface area contributed by atoms with E-state index in [0.29, 0.717) is 36.2 Å². The zero-order valence-electron chi connectivity index (χ0n) is 15.6. The predicted octanol–water partition coefficient (Wildman–Crippen LogP) is 1.52. The van der Waals surface area contributed by atoms with Crippen molar-refractivity contribution in [2.75, 3.05) is 31.1 Å². The summed E-state index contributed by atoms with van der Waals surface area (Å²) < 4.78 is 1.42. The van der Waals surface area contributed by atoms with Crippen molar-refractivity contribution < 1.29 is 4.79 Å². The lowest BCUT2D eigenvalue weighted by molar-refractivity contribution is 0.0767. The van der Waals surface area contributed by atoms with Crippen molar-refractivity contribution in [1.29, 1.82) is 0 Å². The summed E-state index contributed by atoms with van der Waals surface area (Å²) in [7, 11) is 0. The van der Waals surface area contributed by atoms with E-state index in [0.717, 1.165) is 24.6 Å². The average Bonchev–Trinajstić information content (AvgIpc) is 3.13. The first-order valence-electron chi connectivity index (χ1n) is 9.29. The van der Waals surface area contributed by atoms with Gasteiger partial charge in [-0.25, -0.2) is 4.98 Å². The van der Waals surface area contributed by atoms with Crippen LogP contribution in [0.5, 0.6) is 0 Å². The van der Waals surface area contributed by atoms with Crippen molar-refractivity contribution in [3.05, 3.63) is 56.0 Å². The lowest BCUT2D eigenvalue weighted by atomic mass is 10.1. The summed E-state index contributed by atoms with van der Waals surface area (Å²) in [4.78, 5) is 47.9. The van der Waals surface area contributed by atoms with Gasteiger partial charge in [0.2, 0.25) is 0 Å². The number of aryl methyl sites for hydroxylation is 1. The first kappa shape index (κ1) is 18.4. The Balaban J connectivity index is 1.59. The monoisotopic (exact) mass is 399 g/mol. The molecule has 8 nitrogen and oxygen atoms in total. The van der Waals surface area contributed by atoms with Gasteiger partial charge in [0, 0.05) is 49.9 Å². The molecule has 4 rings (SSSR count). The molecule has 0 saturated carbocycles. The van der Waals surface area contributed by atoms with E-state index in [1.807, 2.05) is 17.2 Å². The number of nitrogens with zero attached hydrogens (tertiary/aromatic N) is 4. The summed E-state index contributed by atoms with van der Waals surface area (Å²) in [6, 6.07) is 5.11. The Hall–Kier alpha value is -2.94. The Morgan fingerprint density at radius 1 is 1.21 bits per heavy atom. The van der Waals surface area contributed by atoms with Crippen LogP contribution < -0.4 is 16.0 Å². The van der Waals surface area contributed by atoms with Crippen LogP contribution in [0.1, 0.15) is 23.7 Å². The first-order chi connectivity index (χ1) is 13.6. The van der Waals surface area contributed by atoms with Crippen LogP contribution in [-0.4, -0.2) is 51.5 Å². The number of nitrogens with one attached hydrogen (secondary N) is 1. The number of carbonyl (C=O) groups is 1. The molecule has 9 heteroatoms. The van der Waals surface area contributed by atoms with Crippen LogP contribution in [0.3, 0.4) is 0 Å². The Labute approximate surface area is 165 Å². The van der Waals surface area contributed by atoms with Crippen molar-refractivity contribution in [2.45, 2.75) is 19.9 Å². The maximum absolute atomic E-state index is 13.0. The minimum atomic E-state index is -0.673. The third-order valence-corrected chi connectivity index (χ3v) is 5.84. The van der Waals surface area contributed by atoms with E-state index in [-0.39, 0.29) is 5.91 Å². The average molecular weight is 399 g/mol. The zero-order chi connectivity index (χ0) is 19.7. The Bertz CT molecular complexity index is 1120. The second-order valence-corrected chi connectivity index (χ2v) is 7.56. The number of amides is 1. The van der Waals surface area contributed by atoms with Crippen LogP contribution in [-0.2, 0) is 6.54 Å². The molecular formula is C19H21N5O3S. The van der Waals surface area contributed by atoms with E-state index in [4.69, 9.17) is 0 Å². The Morgan fingerprint density at radius 3 is 2.82 bits per heavy atom. The van der Waals surface area contributed by atoms with Gasteiger partial charge >= 0.3 is 11.1 Å². The highest BCUT2D eigenvalue weighted by Gasteiger charge is 2.22. The fourth-order valence-electron chi connectivity index (χ4n) is 3.59. The standard InChI is InChI=1S/C19H21N5O3S/c1-2-24-15-5-4-13(12-14(15)21-16(25)18(24)27)17(26)22-7-3-8-23(10-9-22)19-20-6-11-28-19/h4-6,11-12H,2-3,7-10H2,1H3,(H,21,25). The molecule has 1 N–H and O–H groups in total. The third kappa shape index (κ3) is 3.33. The van der Waals surface area contributed by atoms with Gasteiger partial charge in [-0.05, 0) is 31.5 Å². The maximum atomic E-state index is 13.0. The molecule has 1 saturated heterocycles. The van der Waals surface area contributed by atoms with Gasteiger partial charge in [-0.15, -0.1) is 11.3 Å². The molecule has 0 radical (unpaired) electrons. The Morgan fingerprint density at radius 2 is 2.07 bits per heavy atom. The highest BCUT2D eigenvalue weighted by molar-refractivity contribution is 7.13. The van der Waals surface area contributed by atoms with Crippen LogP contribution in [0.15, 0.2) is 39.4 Å². The van der Waals surface area contributed by atoms with E-state index >= 15 is 0 Å². The minimum absolute atomic E-state index is 0.0713. The summed E-state index contributed by atoms with van der Waals surface area (Å²) >= 11 is 1.60. The molecule has 146 valence electrons. The molecule has 3 aromatic rings. The second-order valence-electron chi connectivity index (χ2n) is 6.68. The number of aromatic amines is 1. The molecule has 0 unspecified atom stereocenters. The van der Waals surface area contributed by atoms with E-state index in [2.05, 4.69) is 14.9 Å². The summed E-state index contributed by atoms with van der Waals surface area (Å²) in [5.74, 6) is -0.0713. The molecule has 0 bridgehead atoms. The molecule has 1 amide bonds. The van der Waals surface area contributed by atoms with Crippen LogP contribution >= 0.6 is 11.3 Å². The number of aromatic nitrogens is 3. The van der Waals surface area contributed by atoms with Gasteiger partial charge in [-0.2, -0.15) is 0 Å². The maximum Gasteiger partial charge on any atom is 0.316 e. The largest absolute Gasteiger partial charge is 0.346 e. The molecular weight excluding hydrogens is 378 g/mol. The fourth-order valence-corrected chi connectivity index (χ4v) is 4.29. The van der Waals surface area contributed by atoms with Crippen LogP contribution in [0.4, 0.5) is 5.13 Å². The number of rotatable bonds is 3. The van der Waals surface area contributed by atoms with E-state index in [1.165, 1.54) is 4.57 Å². The number of benzene rings is 1. The van der Waals surface area contributed by atoms with Gasteiger partial charge in [0.15, 0.2) is 5.13 Å². The van der Waals surface area contributed by atoms with Gasteiger partial charge in [-0.3, -0.25) is 14.4 Å². The SMILES string of the molecule is CCn1c(=O)c(=O)[nH]c2cc(C(=O)N3CCCN(c4nccs4)CC3)ccc21. The summed E-state index contributed by atoms with van der Waals surface area (Å²) in [6.45, 7) is 5.09. The van der Waals surface area contributed by atoms with Crippen LogP contribution in [0.25, 0.3) is 11.0 Å². The van der Waals surface area contributed by atoms with Gasteiger partial charge in [0.05, 0.1) is 11.0 Å². The predicted molar refractivity (Wildman–Crippen MR) is 109 cm³/mol. The van der Waals surface area contributed by atoms with Gasteiger partial charge in [0.1, 0.15) is 0 Å². The quantitative estimate of drug-likeness (QED) is 0.675. The van der Waals surface area contributed by atoms with Crippen LogP contribution in [0.2, 0.25) is 0 Å². The molecule has 1 fully saturated rings. The molecule has 28 heavy (non-hydrogen) atoms. The molecule has 1 aliphatic rings. The summed E-state index contributed by atoms with van der Waals surface area (Å²) in [5, 5.41) is 2.93. The topological polar surface area (TPSA) is 91.3 Å². The molecule has 2 aromatic heterocycles. The van der Waals surface area contributed by atoms with Crippen LogP contribution in [0, 0.1) is 0 Å². The second kappa shape index (κ2) is 7.59. The lowest BCUT2D eigenvalue weighted by Crippen LogP contribution is -2.36. The van der Waals surface area contributed by atoms with E-state index in [9.17, 15) is 14.4 Å². The summed E-state index contributed by atoms with van der Waals surface area (Å²) in [5.41, 5.74) is 0.370. The van der Waals surface area contributed by atoms with Crippen molar-refractivity contribution in [2.24, 2.45) is 0 Å². The number of thiazole rings is 1. The molecule has 1 aromatic carbocycles. The Kier molecular flexibility index (Phi) is 4.99. The first-order valence-corrected chi connectivity index (χ1v) is 10.2. The van der Waals surface area contributed by atoms with Crippen molar-refractivity contribution in [3.63, 3.8) is 0 Å². The summed E-state index contributed by atoms with van der Waals surface area (Å²) in [6.07, 6.45) is 2.66. The van der Waals surface area contributed by atoms with E-state index in [1.54, 1.807) is 35.7 Å². The fraction of sp³-hybridized carbons (Fsp3) is 0.368. The number of anilines is 1. The number of H-pyrrole nitrogens is 1. The lowest BCUT2D eigenvalue weighted by Gasteiger charge is -2.22. The van der Waals surface area contributed by atoms with Gasteiger partial charge < -0.3 is 19.4 Å². The normalized spacial score (nSPS) is 15.0. The third-order valence-electron chi connectivity index (χ3n) is 5.01. The molecule has 1 aliphatic heterocycles. The van der Waals surface area contributed by atoms with Gasteiger partial charge in [0.25, 0.3) is 5.91 Å². The molecule has 0 atom stereocenters.